The summed E-state index contributed by atoms with van der Waals surface area (Å²) < 4.78 is 1.63. The lowest BCUT2D eigenvalue weighted by Crippen LogP contribution is -2.24. The molecule has 1 amide bonds. The molecule has 112 valence electrons. The first-order chi connectivity index (χ1) is 10.2. The van der Waals surface area contributed by atoms with Gasteiger partial charge in [0.05, 0.1) is 17.5 Å². The van der Waals surface area contributed by atoms with E-state index in [9.17, 15) is 4.79 Å². The van der Waals surface area contributed by atoms with Crippen LogP contribution in [-0.2, 0) is 0 Å². The highest BCUT2D eigenvalue weighted by Crippen LogP contribution is 2.16. The fourth-order valence-corrected chi connectivity index (χ4v) is 2.41. The van der Waals surface area contributed by atoms with Gasteiger partial charge in [-0.05, 0) is 31.2 Å². The summed E-state index contributed by atoms with van der Waals surface area (Å²) in [6.07, 6.45) is 2.47. The first-order valence-corrected chi connectivity index (χ1v) is 7.95. The first-order valence-electron chi connectivity index (χ1n) is 6.97. The van der Waals surface area contributed by atoms with Gasteiger partial charge in [-0.1, -0.05) is 13.8 Å². The molecule has 0 atom stereocenters. The summed E-state index contributed by atoms with van der Waals surface area (Å²) >= 11 is 1.64. The summed E-state index contributed by atoms with van der Waals surface area (Å²) in [7, 11) is 0. The Labute approximate surface area is 128 Å². The zero-order valence-corrected chi connectivity index (χ0v) is 13.3. The minimum absolute atomic E-state index is 0.105. The van der Waals surface area contributed by atoms with E-state index in [4.69, 9.17) is 0 Å². The molecule has 0 aliphatic heterocycles. The molecule has 2 heterocycles. The number of thioether (sulfide) groups is 1. The van der Waals surface area contributed by atoms with Gasteiger partial charge in [-0.2, -0.15) is 5.10 Å². The predicted octanol–water partition coefficient (Wildman–Crippen LogP) is 2.22. The molecular weight excluding hydrogens is 286 g/mol. The van der Waals surface area contributed by atoms with E-state index in [1.807, 2.05) is 26.0 Å². The van der Waals surface area contributed by atoms with Crippen LogP contribution < -0.4 is 5.32 Å². The molecule has 0 saturated carbocycles. The van der Waals surface area contributed by atoms with Crippen LogP contribution in [0.1, 0.15) is 36.3 Å². The molecular formula is C14H19N5OS. The summed E-state index contributed by atoms with van der Waals surface area (Å²) in [5.74, 6) is 1.46. The van der Waals surface area contributed by atoms with Gasteiger partial charge in [0.15, 0.2) is 5.82 Å². The lowest BCUT2D eigenvalue weighted by Gasteiger charge is -2.05. The van der Waals surface area contributed by atoms with Crippen molar-refractivity contribution < 1.29 is 4.79 Å². The van der Waals surface area contributed by atoms with E-state index in [-0.39, 0.29) is 5.91 Å². The topological polar surface area (TPSA) is 72.7 Å². The average molecular weight is 305 g/mol. The summed E-state index contributed by atoms with van der Waals surface area (Å²) in [6.45, 7) is 6.59. The Balaban J connectivity index is 2.21. The van der Waals surface area contributed by atoms with Gasteiger partial charge >= 0.3 is 0 Å². The zero-order valence-electron chi connectivity index (χ0n) is 12.5. The number of rotatable bonds is 6. The van der Waals surface area contributed by atoms with Crippen molar-refractivity contribution in [3.8, 4) is 5.82 Å². The van der Waals surface area contributed by atoms with Crippen LogP contribution in [0.15, 0.2) is 23.4 Å². The minimum Gasteiger partial charge on any atom is -0.352 e. The molecule has 0 radical (unpaired) electrons. The Kier molecular flexibility index (Phi) is 5.32. The second-order valence-corrected chi connectivity index (χ2v) is 5.76. The van der Waals surface area contributed by atoms with E-state index in [1.165, 1.54) is 0 Å². The molecule has 21 heavy (non-hydrogen) atoms. The smallest absolute Gasteiger partial charge is 0.254 e. The number of nitrogens with one attached hydrogen (secondary N) is 1. The number of aromatic nitrogens is 4. The van der Waals surface area contributed by atoms with Crippen LogP contribution in [0.2, 0.25) is 0 Å². The van der Waals surface area contributed by atoms with Gasteiger partial charge < -0.3 is 5.32 Å². The van der Waals surface area contributed by atoms with E-state index in [0.717, 1.165) is 22.9 Å². The van der Waals surface area contributed by atoms with E-state index < -0.39 is 0 Å². The Bertz CT molecular complexity index is 608. The normalized spacial score (nSPS) is 10.6. The van der Waals surface area contributed by atoms with E-state index >= 15 is 0 Å². The zero-order chi connectivity index (χ0) is 15.2. The van der Waals surface area contributed by atoms with Crippen molar-refractivity contribution in [3.63, 3.8) is 0 Å². The molecule has 0 fully saturated rings. The second-order valence-electron chi connectivity index (χ2n) is 4.47. The van der Waals surface area contributed by atoms with Gasteiger partial charge in [-0.3, -0.25) is 4.79 Å². The monoisotopic (exact) mass is 305 g/mol. The van der Waals surface area contributed by atoms with Crippen LogP contribution in [0.25, 0.3) is 5.82 Å². The number of hydrogen-bond acceptors (Lipinski definition) is 5. The van der Waals surface area contributed by atoms with Crippen molar-refractivity contribution in [2.75, 3.05) is 12.3 Å². The van der Waals surface area contributed by atoms with Gasteiger partial charge in [-0.25, -0.2) is 4.68 Å². The van der Waals surface area contributed by atoms with Crippen LogP contribution >= 0.6 is 11.8 Å². The largest absolute Gasteiger partial charge is 0.352 e. The van der Waals surface area contributed by atoms with Crippen LogP contribution in [0.5, 0.6) is 0 Å². The Morgan fingerprint density at radius 1 is 1.33 bits per heavy atom. The maximum Gasteiger partial charge on any atom is 0.254 e. The predicted molar refractivity (Wildman–Crippen MR) is 82.9 cm³/mol. The van der Waals surface area contributed by atoms with Crippen molar-refractivity contribution in [1.82, 2.24) is 25.3 Å². The maximum absolute atomic E-state index is 12.0. The van der Waals surface area contributed by atoms with E-state index in [1.54, 1.807) is 22.6 Å². The van der Waals surface area contributed by atoms with Crippen LogP contribution in [0, 0.1) is 6.92 Å². The first kappa shape index (κ1) is 15.5. The quantitative estimate of drug-likeness (QED) is 0.828. The van der Waals surface area contributed by atoms with Gasteiger partial charge in [-0.15, -0.1) is 22.0 Å². The highest BCUT2D eigenvalue weighted by Gasteiger charge is 2.15. The molecule has 0 aliphatic rings. The SMILES string of the molecule is CCCNC(=O)c1cnn(-c2ccc(SCC)nn2)c1C. The fourth-order valence-electron chi connectivity index (χ4n) is 1.85. The molecule has 0 saturated heterocycles. The fraction of sp³-hybridized carbons (Fsp3) is 0.429. The third-order valence-electron chi connectivity index (χ3n) is 2.93. The summed E-state index contributed by atoms with van der Waals surface area (Å²) in [4.78, 5) is 12.0. The van der Waals surface area contributed by atoms with Gasteiger partial charge in [0, 0.05) is 6.54 Å². The number of amides is 1. The molecule has 0 aromatic carbocycles. The number of nitrogens with zero attached hydrogens (tertiary/aromatic N) is 4. The van der Waals surface area contributed by atoms with E-state index in [2.05, 4.69) is 27.5 Å². The van der Waals surface area contributed by atoms with Crippen molar-refractivity contribution in [2.24, 2.45) is 0 Å². The average Bonchev–Trinajstić information content (AvgIpc) is 2.88. The Morgan fingerprint density at radius 2 is 2.14 bits per heavy atom. The molecule has 1 N–H and O–H groups in total. The highest BCUT2D eigenvalue weighted by molar-refractivity contribution is 7.99. The molecule has 6 nitrogen and oxygen atoms in total. The molecule has 2 rings (SSSR count). The van der Waals surface area contributed by atoms with Crippen molar-refractivity contribution in [3.05, 3.63) is 29.6 Å². The third-order valence-corrected chi connectivity index (χ3v) is 3.73. The van der Waals surface area contributed by atoms with Gasteiger partial charge in [0.25, 0.3) is 5.91 Å². The van der Waals surface area contributed by atoms with Crippen molar-refractivity contribution >= 4 is 17.7 Å². The molecule has 0 unspecified atom stereocenters. The molecule has 2 aromatic rings. The standard InChI is InChI=1S/C14H19N5OS/c1-4-8-15-14(20)11-9-16-19(10(11)3)12-6-7-13(18-17-12)21-5-2/h6-7,9H,4-5,8H2,1-3H3,(H,15,20). The maximum atomic E-state index is 12.0. The number of carbonyl (C=O) groups is 1. The Morgan fingerprint density at radius 3 is 2.76 bits per heavy atom. The minimum atomic E-state index is -0.105. The van der Waals surface area contributed by atoms with Gasteiger partial charge in [0.1, 0.15) is 5.03 Å². The summed E-state index contributed by atoms with van der Waals surface area (Å²) in [6, 6.07) is 3.77. The molecule has 0 spiro atoms. The van der Waals surface area contributed by atoms with Crippen LogP contribution in [0.4, 0.5) is 0 Å². The van der Waals surface area contributed by atoms with Crippen LogP contribution in [-0.4, -0.2) is 38.2 Å². The summed E-state index contributed by atoms with van der Waals surface area (Å²) in [5, 5.41) is 16.3. The molecule has 2 aromatic heterocycles. The summed E-state index contributed by atoms with van der Waals surface area (Å²) in [5.41, 5.74) is 1.33. The lowest BCUT2D eigenvalue weighted by molar-refractivity contribution is 0.0953. The lowest BCUT2D eigenvalue weighted by atomic mass is 10.2. The molecule has 0 bridgehead atoms. The molecule has 0 aliphatic carbocycles. The van der Waals surface area contributed by atoms with Crippen molar-refractivity contribution in [2.45, 2.75) is 32.2 Å². The van der Waals surface area contributed by atoms with E-state index in [0.29, 0.717) is 17.9 Å². The number of hydrogen-bond donors (Lipinski definition) is 1. The third kappa shape index (κ3) is 3.60. The van der Waals surface area contributed by atoms with Gasteiger partial charge in [0.2, 0.25) is 0 Å². The van der Waals surface area contributed by atoms with Crippen LogP contribution in [0.3, 0.4) is 0 Å². The molecule has 7 heteroatoms. The number of carbonyl (C=O) groups excluding carboxylic acids is 1. The van der Waals surface area contributed by atoms with Crippen molar-refractivity contribution in [1.29, 1.82) is 0 Å². The Hall–Kier alpha value is -1.89. The highest BCUT2D eigenvalue weighted by atomic mass is 32.2. The second kappa shape index (κ2) is 7.21.